The van der Waals surface area contributed by atoms with Crippen LogP contribution in [0.25, 0.3) is 0 Å². The van der Waals surface area contributed by atoms with Gasteiger partial charge in [-0.1, -0.05) is 36.4 Å². The average molecular weight is 425 g/mol. The summed E-state index contributed by atoms with van der Waals surface area (Å²) < 4.78 is 17.7. The molecular weight excluding hydrogens is 392 g/mol. The normalized spacial score (nSPS) is 23.0. The lowest BCUT2D eigenvalue weighted by molar-refractivity contribution is -0.136. The molecule has 0 spiro atoms. The molecule has 0 unspecified atom stereocenters. The van der Waals surface area contributed by atoms with Crippen molar-refractivity contribution in [1.82, 2.24) is 9.80 Å². The Kier molecular flexibility index (Phi) is 7.10. The molecule has 166 valence electrons. The number of methoxy groups -OCH3 is 1. The third kappa shape index (κ3) is 5.20. The number of carbonyl (C=O) groups is 1. The standard InChI is InChI=1S/C25H32N2O4/c1-26-21-16-27(15-20-11-4-5-12-22(20)29-2)17-24(21)30-14-8-7-10-19-9-3-6-13-23(19)31-18-25(26)28/h3-6,9,11-13,21,24H,7-8,10,14-18H2,1-2H3/t21-,24-/m1/s1. The highest BCUT2D eigenvalue weighted by Gasteiger charge is 2.38. The molecule has 2 heterocycles. The number of hydrogen-bond donors (Lipinski definition) is 0. The van der Waals surface area contributed by atoms with Gasteiger partial charge in [0.15, 0.2) is 6.61 Å². The number of rotatable bonds is 3. The quantitative estimate of drug-likeness (QED) is 0.758. The molecule has 1 saturated heterocycles. The minimum absolute atomic E-state index is 0.00167. The summed E-state index contributed by atoms with van der Waals surface area (Å²) in [5.74, 6) is 1.68. The lowest BCUT2D eigenvalue weighted by Crippen LogP contribution is -2.47. The second-order valence-electron chi connectivity index (χ2n) is 8.34. The van der Waals surface area contributed by atoms with E-state index in [0.717, 1.165) is 61.5 Å². The van der Waals surface area contributed by atoms with E-state index in [1.165, 1.54) is 0 Å². The molecule has 0 N–H and O–H groups in total. The molecule has 4 rings (SSSR count). The van der Waals surface area contributed by atoms with Crippen molar-refractivity contribution in [3.8, 4) is 11.5 Å². The largest absolute Gasteiger partial charge is 0.496 e. The van der Waals surface area contributed by atoms with Gasteiger partial charge >= 0.3 is 0 Å². The molecule has 2 aromatic rings. The maximum Gasteiger partial charge on any atom is 0.260 e. The molecule has 6 heteroatoms. The molecule has 0 aliphatic carbocycles. The lowest BCUT2D eigenvalue weighted by atomic mass is 10.1. The lowest BCUT2D eigenvalue weighted by Gasteiger charge is -2.29. The van der Waals surface area contributed by atoms with Crippen molar-refractivity contribution in [2.75, 3.05) is 40.5 Å². The number of para-hydroxylation sites is 2. The number of carbonyl (C=O) groups excluding carboxylic acids is 1. The predicted molar refractivity (Wildman–Crippen MR) is 119 cm³/mol. The van der Waals surface area contributed by atoms with Crippen LogP contribution in [0.2, 0.25) is 0 Å². The van der Waals surface area contributed by atoms with Crippen molar-refractivity contribution in [1.29, 1.82) is 0 Å². The Morgan fingerprint density at radius 2 is 1.87 bits per heavy atom. The van der Waals surface area contributed by atoms with Gasteiger partial charge in [0.05, 0.1) is 19.3 Å². The molecule has 0 bridgehead atoms. The van der Waals surface area contributed by atoms with Crippen LogP contribution in [0.3, 0.4) is 0 Å². The van der Waals surface area contributed by atoms with Crippen molar-refractivity contribution < 1.29 is 19.0 Å². The average Bonchev–Trinajstić information content (AvgIpc) is 3.19. The number of nitrogens with zero attached hydrogens (tertiary/aromatic N) is 2. The number of likely N-dealkylation sites (tertiary alicyclic amines) is 1. The molecule has 31 heavy (non-hydrogen) atoms. The van der Waals surface area contributed by atoms with Gasteiger partial charge in [-0.3, -0.25) is 9.69 Å². The van der Waals surface area contributed by atoms with Gasteiger partial charge in [0.25, 0.3) is 5.91 Å². The van der Waals surface area contributed by atoms with Crippen LogP contribution in [-0.2, 0) is 22.5 Å². The van der Waals surface area contributed by atoms with Gasteiger partial charge in [-0.2, -0.15) is 0 Å². The van der Waals surface area contributed by atoms with Crippen molar-refractivity contribution in [2.45, 2.75) is 38.0 Å². The highest BCUT2D eigenvalue weighted by molar-refractivity contribution is 5.78. The first-order chi connectivity index (χ1) is 15.2. The first-order valence-electron chi connectivity index (χ1n) is 11.1. The number of aryl methyl sites for hydroxylation is 1. The second-order valence-corrected chi connectivity index (χ2v) is 8.34. The fourth-order valence-corrected chi connectivity index (χ4v) is 4.50. The van der Waals surface area contributed by atoms with E-state index in [1.807, 2.05) is 48.3 Å². The van der Waals surface area contributed by atoms with Crippen molar-refractivity contribution in [3.05, 3.63) is 59.7 Å². The number of amides is 1. The van der Waals surface area contributed by atoms with Gasteiger partial charge in [0.2, 0.25) is 0 Å². The van der Waals surface area contributed by atoms with Gasteiger partial charge in [-0.15, -0.1) is 0 Å². The molecule has 2 aliphatic rings. The number of likely N-dealkylation sites (N-methyl/N-ethyl adjacent to an activating group) is 1. The Morgan fingerprint density at radius 1 is 1.06 bits per heavy atom. The van der Waals surface area contributed by atoms with Gasteiger partial charge in [0.1, 0.15) is 11.5 Å². The summed E-state index contributed by atoms with van der Waals surface area (Å²) >= 11 is 0. The molecule has 2 atom stereocenters. The zero-order valence-electron chi connectivity index (χ0n) is 18.5. The monoisotopic (exact) mass is 424 g/mol. The number of fused-ring (bicyclic) bond motifs is 2. The highest BCUT2D eigenvalue weighted by atomic mass is 16.5. The fraction of sp³-hybridized carbons (Fsp3) is 0.480. The predicted octanol–water partition coefficient (Wildman–Crippen LogP) is 3.14. The molecule has 0 aromatic heterocycles. The van der Waals surface area contributed by atoms with Gasteiger partial charge in [-0.05, 0) is 37.0 Å². The van der Waals surface area contributed by atoms with E-state index in [9.17, 15) is 4.79 Å². The van der Waals surface area contributed by atoms with Crippen molar-refractivity contribution >= 4 is 5.91 Å². The summed E-state index contributed by atoms with van der Waals surface area (Å²) in [6, 6.07) is 16.1. The van der Waals surface area contributed by atoms with Crippen LogP contribution >= 0.6 is 0 Å². The topological polar surface area (TPSA) is 51.2 Å². The van der Waals surface area contributed by atoms with Crippen molar-refractivity contribution in [3.63, 3.8) is 0 Å². The molecule has 1 amide bonds. The SMILES string of the molecule is COc1ccccc1CN1C[C@@H]2[C@@H](C1)OCCCCc1ccccc1OCC(=O)N2C. The Morgan fingerprint density at radius 3 is 2.74 bits per heavy atom. The maximum absolute atomic E-state index is 12.9. The van der Waals surface area contributed by atoms with Crippen LogP contribution in [0.15, 0.2) is 48.5 Å². The first kappa shape index (κ1) is 21.7. The summed E-state index contributed by atoms with van der Waals surface area (Å²) in [7, 11) is 3.57. The number of ether oxygens (including phenoxy) is 3. The fourth-order valence-electron chi connectivity index (χ4n) is 4.50. The van der Waals surface area contributed by atoms with E-state index in [2.05, 4.69) is 17.0 Å². The molecule has 0 radical (unpaired) electrons. The van der Waals surface area contributed by atoms with Crippen molar-refractivity contribution in [2.24, 2.45) is 0 Å². The van der Waals surface area contributed by atoms with Crippen LogP contribution in [0, 0.1) is 0 Å². The zero-order valence-corrected chi connectivity index (χ0v) is 18.5. The van der Waals surface area contributed by atoms with Gasteiger partial charge in [0, 0.05) is 38.9 Å². The van der Waals surface area contributed by atoms with Gasteiger partial charge < -0.3 is 19.1 Å². The third-order valence-electron chi connectivity index (χ3n) is 6.29. The van der Waals surface area contributed by atoms with Crippen LogP contribution in [-0.4, -0.2) is 68.3 Å². The minimum atomic E-state index is -0.0215. The summed E-state index contributed by atoms with van der Waals surface area (Å²) in [5.41, 5.74) is 2.30. The van der Waals surface area contributed by atoms with Gasteiger partial charge in [-0.25, -0.2) is 0 Å². The molecule has 1 fully saturated rings. The first-order valence-corrected chi connectivity index (χ1v) is 11.1. The van der Waals surface area contributed by atoms with Crippen LogP contribution < -0.4 is 9.47 Å². The molecule has 2 aromatic carbocycles. The minimum Gasteiger partial charge on any atom is -0.496 e. The van der Waals surface area contributed by atoms with Crippen LogP contribution in [0.4, 0.5) is 0 Å². The molecular formula is C25H32N2O4. The van der Waals surface area contributed by atoms with E-state index in [1.54, 1.807) is 7.11 Å². The molecule has 0 saturated carbocycles. The van der Waals surface area contributed by atoms with Crippen LogP contribution in [0.5, 0.6) is 11.5 Å². The smallest absolute Gasteiger partial charge is 0.260 e. The van der Waals surface area contributed by atoms with Crippen LogP contribution in [0.1, 0.15) is 24.0 Å². The Bertz CT molecular complexity index is 887. The summed E-state index contributed by atoms with van der Waals surface area (Å²) in [6.45, 7) is 3.08. The summed E-state index contributed by atoms with van der Waals surface area (Å²) in [5, 5.41) is 0. The maximum atomic E-state index is 12.9. The third-order valence-corrected chi connectivity index (χ3v) is 6.29. The highest BCUT2D eigenvalue weighted by Crippen LogP contribution is 2.26. The van der Waals surface area contributed by atoms with E-state index in [-0.39, 0.29) is 24.7 Å². The summed E-state index contributed by atoms with van der Waals surface area (Å²) in [4.78, 5) is 17.1. The number of hydrogen-bond acceptors (Lipinski definition) is 5. The van der Waals surface area contributed by atoms with E-state index >= 15 is 0 Å². The zero-order chi connectivity index (χ0) is 21.6. The molecule has 2 aliphatic heterocycles. The Hall–Kier alpha value is -2.57. The second kappa shape index (κ2) is 10.2. The van der Waals surface area contributed by atoms with E-state index < -0.39 is 0 Å². The Balaban J connectivity index is 1.47. The number of benzene rings is 2. The van der Waals surface area contributed by atoms with E-state index in [4.69, 9.17) is 14.2 Å². The molecule has 6 nitrogen and oxygen atoms in total. The summed E-state index contributed by atoms with van der Waals surface area (Å²) in [6.07, 6.45) is 2.94. The van der Waals surface area contributed by atoms with E-state index in [0.29, 0.717) is 6.61 Å². The Labute approximate surface area is 184 Å².